The van der Waals surface area contributed by atoms with Gasteiger partial charge in [-0.3, -0.25) is 4.90 Å². The normalized spacial score (nSPS) is 21.0. The van der Waals surface area contributed by atoms with Crippen LogP contribution >= 0.6 is 0 Å². The summed E-state index contributed by atoms with van der Waals surface area (Å²) >= 11 is 0. The third-order valence-corrected chi connectivity index (χ3v) is 4.01. The summed E-state index contributed by atoms with van der Waals surface area (Å²) in [5, 5.41) is 0. The molecule has 1 fully saturated rings. The van der Waals surface area contributed by atoms with Crippen molar-refractivity contribution in [1.82, 2.24) is 4.90 Å². The predicted octanol–water partition coefficient (Wildman–Crippen LogP) is 3.30. The molecule has 124 valence electrons. The van der Waals surface area contributed by atoms with Gasteiger partial charge >= 0.3 is 6.61 Å². The lowest BCUT2D eigenvalue weighted by molar-refractivity contribution is -0.0531. The van der Waals surface area contributed by atoms with Gasteiger partial charge < -0.3 is 14.2 Å². The molecular formula is C16H23F2NO3. The number of halogens is 2. The average molecular weight is 315 g/mol. The van der Waals surface area contributed by atoms with E-state index in [1.54, 1.807) is 25.3 Å². The molecule has 1 saturated carbocycles. The van der Waals surface area contributed by atoms with Crippen LogP contribution in [0.15, 0.2) is 18.2 Å². The van der Waals surface area contributed by atoms with Crippen LogP contribution < -0.4 is 9.47 Å². The van der Waals surface area contributed by atoms with Gasteiger partial charge in [-0.05, 0) is 32.9 Å². The minimum atomic E-state index is -2.87. The summed E-state index contributed by atoms with van der Waals surface area (Å²) in [7, 11) is 3.69. The van der Waals surface area contributed by atoms with Gasteiger partial charge in [0.05, 0.1) is 12.7 Å². The lowest BCUT2D eigenvalue weighted by atomic mass is 9.88. The molecule has 0 atom stereocenters. The second kappa shape index (κ2) is 7.74. The Kier molecular flexibility index (Phi) is 5.97. The van der Waals surface area contributed by atoms with Gasteiger partial charge in [0, 0.05) is 25.3 Å². The van der Waals surface area contributed by atoms with Crippen molar-refractivity contribution in [2.45, 2.75) is 45.1 Å². The van der Waals surface area contributed by atoms with Gasteiger partial charge in [-0.1, -0.05) is 12.1 Å². The summed E-state index contributed by atoms with van der Waals surface area (Å²) in [4.78, 5) is 2.14. The summed E-state index contributed by atoms with van der Waals surface area (Å²) in [6.45, 7) is -0.127. The first-order valence-corrected chi connectivity index (χ1v) is 7.47. The van der Waals surface area contributed by atoms with Crippen molar-refractivity contribution in [2.24, 2.45) is 0 Å². The highest BCUT2D eigenvalue weighted by atomic mass is 19.3. The largest absolute Gasteiger partial charge is 0.490 e. The molecular weight excluding hydrogens is 292 g/mol. The predicted molar refractivity (Wildman–Crippen MR) is 79.5 cm³/mol. The molecule has 0 aliphatic heterocycles. The molecule has 1 aliphatic carbocycles. The van der Waals surface area contributed by atoms with E-state index in [0.29, 0.717) is 36.6 Å². The summed E-state index contributed by atoms with van der Waals surface area (Å²) in [5.74, 6) is 0.492. The molecule has 22 heavy (non-hydrogen) atoms. The Morgan fingerprint density at radius 2 is 2.05 bits per heavy atom. The van der Waals surface area contributed by atoms with Crippen molar-refractivity contribution in [3.63, 3.8) is 0 Å². The van der Waals surface area contributed by atoms with E-state index in [2.05, 4.69) is 4.90 Å². The number of rotatable bonds is 8. The molecule has 0 radical (unpaired) electrons. The van der Waals surface area contributed by atoms with Crippen molar-refractivity contribution < 1.29 is 23.0 Å². The maximum Gasteiger partial charge on any atom is 0.387 e. The van der Waals surface area contributed by atoms with Gasteiger partial charge in [-0.2, -0.15) is 8.78 Å². The Morgan fingerprint density at radius 3 is 2.64 bits per heavy atom. The van der Waals surface area contributed by atoms with Crippen molar-refractivity contribution in [1.29, 1.82) is 0 Å². The van der Waals surface area contributed by atoms with Gasteiger partial charge in [0.25, 0.3) is 0 Å². The van der Waals surface area contributed by atoms with Crippen LogP contribution in [0.4, 0.5) is 8.78 Å². The second-order valence-electron chi connectivity index (χ2n) is 5.45. The van der Waals surface area contributed by atoms with Crippen LogP contribution in [0.2, 0.25) is 0 Å². The Morgan fingerprint density at radius 1 is 1.32 bits per heavy atom. The fraction of sp³-hybridized carbons (Fsp3) is 0.625. The van der Waals surface area contributed by atoms with E-state index in [9.17, 15) is 8.78 Å². The van der Waals surface area contributed by atoms with Gasteiger partial charge in [0.1, 0.15) is 0 Å². The molecule has 0 spiro atoms. The van der Waals surface area contributed by atoms with E-state index in [1.807, 2.05) is 14.0 Å². The number of para-hydroxylation sites is 1. The maximum atomic E-state index is 12.7. The molecule has 0 aromatic heterocycles. The molecule has 0 amide bonds. The minimum absolute atomic E-state index is 0.133. The zero-order valence-electron chi connectivity index (χ0n) is 13.2. The Balaban J connectivity index is 2.10. The molecule has 0 N–H and O–H groups in total. The fourth-order valence-corrected chi connectivity index (χ4v) is 2.67. The number of alkyl halides is 2. The van der Waals surface area contributed by atoms with Gasteiger partial charge in [-0.25, -0.2) is 0 Å². The van der Waals surface area contributed by atoms with Crippen LogP contribution in [0, 0.1) is 0 Å². The lowest BCUT2D eigenvalue weighted by Crippen LogP contribution is -2.45. The van der Waals surface area contributed by atoms with Gasteiger partial charge in [0.15, 0.2) is 11.5 Å². The third-order valence-electron chi connectivity index (χ3n) is 4.01. The topological polar surface area (TPSA) is 30.9 Å². The molecule has 6 heteroatoms. The number of ether oxygens (including phenoxy) is 3. The molecule has 1 aromatic rings. The van der Waals surface area contributed by atoms with Crippen molar-refractivity contribution >= 4 is 0 Å². The highest BCUT2D eigenvalue weighted by molar-refractivity contribution is 5.46. The van der Waals surface area contributed by atoms with E-state index in [4.69, 9.17) is 14.2 Å². The quantitative estimate of drug-likeness (QED) is 0.736. The first-order valence-electron chi connectivity index (χ1n) is 7.47. The van der Waals surface area contributed by atoms with Crippen LogP contribution in [-0.2, 0) is 11.3 Å². The highest BCUT2D eigenvalue weighted by Gasteiger charge is 2.32. The SMILES string of the molecule is CCOc1cccc(CN(C)C2CC(OC)C2)c1OC(F)F. The Hall–Kier alpha value is -1.40. The highest BCUT2D eigenvalue weighted by Crippen LogP contribution is 2.35. The summed E-state index contributed by atoms with van der Waals surface area (Å²) in [5.41, 5.74) is 0.703. The second-order valence-corrected chi connectivity index (χ2v) is 5.45. The van der Waals surface area contributed by atoms with E-state index in [1.165, 1.54) is 0 Å². The van der Waals surface area contributed by atoms with Crippen molar-refractivity contribution in [3.05, 3.63) is 23.8 Å². The Labute approximate surface area is 130 Å². The molecule has 0 saturated heterocycles. The summed E-state index contributed by atoms with van der Waals surface area (Å²) < 4.78 is 40.7. The summed E-state index contributed by atoms with van der Waals surface area (Å²) in [6, 6.07) is 5.64. The van der Waals surface area contributed by atoms with E-state index in [0.717, 1.165) is 12.8 Å². The zero-order valence-corrected chi connectivity index (χ0v) is 13.2. The molecule has 0 unspecified atom stereocenters. The number of methoxy groups -OCH3 is 1. The van der Waals surface area contributed by atoms with Crippen LogP contribution in [0.5, 0.6) is 11.5 Å². The molecule has 0 bridgehead atoms. The first-order chi connectivity index (χ1) is 10.5. The molecule has 4 nitrogen and oxygen atoms in total. The number of nitrogens with zero attached hydrogens (tertiary/aromatic N) is 1. The van der Waals surface area contributed by atoms with E-state index >= 15 is 0 Å². The van der Waals surface area contributed by atoms with Crippen LogP contribution in [0.25, 0.3) is 0 Å². The molecule has 0 heterocycles. The fourth-order valence-electron chi connectivity index (χ4n) is 2.67. The van der Waals surface area contributed by atoms with Gasteiger partial charge in [-0.15, -0.1) is 0 Å². The molecule has 2 rings (SSSR count). The average Bonchev–Trinajstić information content (AvgIpc) is 2.41. The van der Waals surface area contributed by atoms with Crippen molar-refractivity contribution in [2.75, 3.05) is 20.8 Å². The maximum absolute atomic E-state index is 12.7. The smallest absolute Gasteiger partial charge is 0.387 e. The van der Waals surface area contributed by atoms with Crippen LogP contribution in [0.3, 0.4) is 0 Å². The van der Waals surface area contributed by atoms with Crippen LogP contribution in [-0.4, -0.2) is 44.4 Å². The lowest BCUT2D eigenvalue weighted by Gasteiger charge is -2.40. The van der Waals surface area contributed by atoms with Crippen molar-refractivity contribution in [3.8, 4) is 11.5 Å². The van der Waals surface area contributed by atoms with E-state index < -0.39 is 6.61 Å². The first kappa shape index (κ1) is 17.0. The molecule has 1 aliphatic rings. The third kappa shape index (κ3) is 4.08. The van der Waals surface area contributed by atoms with Gasteiger partial charge in [0.2, 0.25) is 0 Å². The van der Waals surface area contributed by atoms with Crippen LogP contribution in [0.1, 0.15) is 25.3 Å². The Bertz CT molecular complexity index is 478. The van der Waals surface area contributed by atoms with E-state index in [-0.39, 0.29) is 5.75 Å². The number of hydrogen-bond acceptors (Lipinski definition) is 4. The zero-order chi connectivity index (χ0) is 16.1. The number of hydrogen-bond donors (Lipinski definition) is 0. The minimum Gasteiger partial charge on any atom is -0.490 e. The standard InChI is InChI=1S/C16H23F2NO3/c1-4-21-14-7-5-6-11(15(14)22-16(17)18)10-19(2)12-8-13(9-12)20-3/h5-7,12-13,16H,4,8-10H2,1-3H3. The molecule has 1 aromatic carbocycles. The summed E-state index contributed by atoms with van der Waals surface area (Å²) in [6.07, 6.45) is 2.23. The monoisotopic (exact) mass is 315 g/mol. The number of benzene rings is 1.